The quantitative estimate of drug-likeness (QED) is 0.439. The largest absolute Gasteiger partial charge is 1.00 e. The molecule has 7 heteroatoms. The van der Waals surface area contributed by atoms with Gasteiger partial charge in [-0.15, -0.1) is 0 Å². The third-order valence-electron chi connectivity index (χ3n) is 4.22. The van der Waals surface area contributed by atoms with Crippen LogP contribution >= 0.6 is 11.6 Å². The zero-order valence-electron chi connectivity index (χ0n) is 15.2. The van der Waals surface area contributed by atoms with Gasteiger partial charge in [0.2, 0.25) is 0 Å². The van der Waals surface area contributed by atoms with E-state index in [-0.39, 0.29) is 29.3 Å². The van der Waals surface area contributed by atoms with Crippen LogP contribution in [0.25, 0.3) is 11.3 Å². The average molecular weight is 451 g/mol. The van der Waals surface area contributed by atoms with Crippen molar-refractivity contribution in [3.8, 4) is 17.0 Å². The molecule has 1 heterocycles. The summed E-state index contributed by atoms with van der Waals surface area (Å²) in [4.78, 5) is 12.5. The first-order chi connectivity index (χ1) is 12.5. The minimum Gasteiger partial charge on any atom is -1.00 e. The Morgan fingerprint density at radius 2 is 1.78 bits per heavy atom. The second kappa shape index (κ2) is 9.06. The molecule has 5 nitrogen and oxygen atoms in total. The number of carbonyl (C=O) groups is 1. The molecular formula is C20H21BrClN3O2. The zero-order valence-corrected chi connectivity index (χ0v) is 17.5. The lowest BCUT2D eigenvalue weighted by atomic mass is 10.1. The summed E-state index contributed by atoms with van der Waals surface area (Å²) in [6, 6.07) is 14.7. The number of hydrogen-bond acceptors (Lipinski definition) is 3. The van der Waals surface area contributed by atoms with Crippen molar-refractivity contribution < 1.29 is 31.1 Å². The number of nitrogen functional groups attached to an aromatic ring is 1. The molecule has 0 atom stereocenters. The van der Waals surface area contributed by atoms with Gasteiger partial charge in [-0.05, 0) is 55.5 Å². The molecule has 0 amide bonds. The molecule has 1 aromatic heterocycles. The van der Waals surface area contributed by atoms with Crippen molar-refractivity contribution in [2.24, 2.45) is 7.05 Å². The molecule has 0 spiro atoms. The molecule has 2 N–H and O–H groups in total. The standard InChI is InChI=1S/C20H20ClN3O2.BrH/c1-3-26-17-10-6-14(7-11-17)18-12-24(20(22)23(18)2)13-19(25)15-4-8-16(21)9-5-15;/h4-12,22H,3,13H2,1-2H3;1H. The van der Waals surface area contributed by atoms with E-state index in [9.17, 15) is 4.79 Å². The topological polar surface area (TPSA) is 61.1 Å². The van der Waals surface area contributed by atoms with E-state index >= 15 is 0 Å². The van der Waals surface area contributed by atoms with E-state index in [2.05, 4.69) is 0 Å². The van der Waals surface area contributed by atoms with Crippen molar-refractivity contribution in [3.05, 3.63) is 65.3 Å². The Bertz CT molecular complexity index is 922. The minimum absolute atomic E-state index is 0. The molecule has 0 aliphatic heterocycles. The highest BCUT2D eigenvalue weighted by Crippen LogP contribution is 2.23. The van der Waals surface area contributed by atoms with Crippen LogP contribution in [0.15, 0.2) is 54.7 Å². The van der Waals surface area contributed by atoms with Crippen LogP contribution in [0.5, 0.6) is 5.75 Å². The summed E-state index contributed by atoms with van der Waals surface area (Å²) in [6.45, 7) is 2.74. The lowest BCUT2D eigenvalue weighted by molar-refractivity contribution is -0.667. The maximum Gasteiger partial charge on any atom is 0.355 e. The Hall–Kier alpha value is -2.31. The van der Waals surface area contributed by atoms with E-state index < -0.39 is 0 Å². The number of ketones is 1. The summed E-state index contributed by atoms with van der Waals surface area (Å²) in [5.41, 5.74) is 8.73. The van der Waals surface area contributed by atoms with Crippen molar-refractivity contribution in [1.29, 1.82) is 0 Å². The molecule has 2 aromatic carbocycles. The van der Waals surface area contributed by atoms with Crippen LogP contribution in [0.3, 0.4) is 0 Å². The SMILES string of the molecule is CCOc1ccc(-c2c[n+](CC(=O)c3ccc(Cl)cc3)c(N)n2C)cc1.[Br-]. The Labute approximate surface area is 174 Å². The van der Waals surface area contributed by atoms with E-state index in [0.717, 1.165) is 17.0 Å². The maximum absolute atomic E-state index is 12.5. The summed E-state index contributed by atoms with van der Waals surface area (Å²) in [5.74, 6) is 1.31. The highest BCUT2D eigenvalue weighted by atomic mass is 79.9. The maximum atomic E-state index is 12.5. The summed E-state index contributed by atoms with van der Waals surface area (Å²) < 4.78 is 9.09. The van der Waals surface area contributed by atoms with Crippen LogP contribution in [0.2, 0.25) is 5.02 Å². The Morgan fingerprint density at radius 3 is 2.37 bits per heavy atom. The van der Waals surface area contributed by atoms with Gasteiger partial charge in [0.1, 0.15) is 24.2 Å². The third-order valence-corrected chi connectivity index (χ3v) is 4.47. The van der Waals surface area contributed by atoms with Gasteiger partial charge in [-0.3, -0.25) is 10.5 Å². The van der Waals surface area contributed by atoms with Gasteiger partial charge in [0, 0.05) is 16.1 Å². The number of hydrogen-bond donors (Lipinski definition) is 1. The lowest BCUT2D eigenvalue weighted by Gasteiger charge is -2.03. The summed E-state index contributed by atoms with van der Waals surface area (Å²) in [7, 11) is 1.88. The Morgan fingerprint density at radius 1 is 1.15 bits per heavy atom. The molecule has 0 fully saturated rings. The van der Waals surface area contributed by atoms with Crippen LogP contribution < -0.4 is 32.0 Å². The molecule has 0 radical (unpaired) electrons. The van der Waals surface area contributed by atoms with Crippen molar-refractivity contribution in [2.45, 2.75) is 13.5 Å². The van der Waals surface area contributed by atoms with Crippen molar-refractivity contribution in [1.82, 2.24) is 4.57 Å². The monoisotopic (exact) mass is 449 g/mol. The number of ether oxygens (including phenoxy) is 1. The number of rotatable bonds is 6. The van der Waals surface area contributed by atoms with E-state index in [0.29, 0.717) is 23.1 Å². The lowest BCUT2D eigenvalue weighted by Crippen LogP contribution is -3.00. The first-order valence-electron chi connectivity index (χ1n) is 8.36. The van der Waals surface area contributed by atoms with E-state index in [4.69, 9.17) is 22.1 Å². The predicted molar refractivity (Wildman–Crippen MR) is 102 cm³/mol. The van der Waals surface area contributed by atoms with Crippen molar-refractivity contribution in [2.75, 3.05) is 12.3 Å². The molecule has 0 aliphatic rings. The van der Waals surface area contributed by atoms with Crippen LogP contribution in [-0.2, 0) is 13.6 Å². The Balaban J connectivity index is 0.00000261. The minimum atomic E-state index is -0.0257. The number of nitrogens with zero attached hydrogens (tertiary/aromatic N) is 2. The predicted octanol–water partition coefficient (Wildman–Crippen LogP) is 0.501. The van der Waals surface area contributed by atoms with E-state index in [1.165, 1.54) is 0 Å². The van der Waals surface area contributed by atoms with Gasteiger partial charge in [-0.1, -0.05) is 11.6 Å². The highest BCUT2D eigenvalue weighted by molar-refractivity contribution is 6.30. The fourth-order valence-corrected chi connectivity index (χ4v) is 2.91. The van der Waals surface area contributed by atoms with Gasteiger partial charge < -0.3 is 21.7 Å². The number of imidazole rings is 1. The molecular weight excluding hydrogens is 430 g/mol. The average Bonchev–Trinajstić information content (AvgIpc) is 2.92. The summed E-state index contributed by atoms with van der Waals surface area (Å²) in [5, 5.41) is 0.603. The fraction of sp³-hybridized carbons (Fsp3) is 0.200. The molecule has 0 saturated carbocycles. The number of carbonyl (C=O) groups excluding carboxylic acids is 1. The number of halogens is 2. The normalized spacial score (nSPS) is 10.3. The first kappa shape index (κ1) is 21.0. The summed E-state index contributed by atoms with van der Waals surface area (Å²) >= 11 is 5.88. The second-order valence-electron chi connectivity index (χ2n) is 5.95. The number of nitrogens with two attached hydrogens (primary N) is 1. The van der Waals surface area contributed by atoms with Crippen LogP contribution in [0, 0.1) is 0 Å². The number of anilines is 1. The molecule has 0 saturated heterocycles. The van der Waals surface area contributed by atoms with Gasteiger partial charge >= 0.3 is 5.95 Å². The Kier molecular flexibility index (Phi) is 7.05. The third kappa shape index (κ3) is 4.70. The van der Waals surface area contributed by atoms with Crippen molar-refractivity contribution >= 4 is 23.3 Å². The fourth-order valence-electron chi connectivity index (χ4n) is 2.78. The highest BCUT2D eigenvalue weighted by Gasteiger charge is 2.20. The smallest absolute Gasteiger partial charge is 0.355 e. The van der Waals surface area contributed by atoms with Crippen LogP contribution in [0.1, 0.15) is 17.3 Å². The number of benzene rings is 2. The first-order valence-corrected chi connectivity index (χ1v) is 8.74. The molecule has 27 heavy (non-hydrogen) atoms. The molecule has 3 rings (SSSR count). The molecule has 0 aliphatic carbocycles. The van der Waals surface area contributed by atoms with Gasteiger partial charge in [0.15, 0.2) is 5.78 Å². The van der Waals surface area contributed by atoms with E-state index in [1.807, 2.05) is 49.0 Å². The van der Waals surface area contributed by atoms with Gasteiger partial charge in [0.25, 0.3) is 0 Å². The van der Waals surface area contributed by atoms with Crippen molar-refractivity contribution in [3.63, 3.8) is 0 Å². The number of Topliss-reactive ketones (excluding diaryl/α,β-unsaturated/α-hetero) is 1. The van der Waals surface area contributed by atoms with Gasteiger partial charge in [-0.25, -0.2) is 9.13 Å². The molecule has 3 aromatic rings. The van der Waals surface area contributed by atoms with Gasteiger partial charge in [0.05, 0.1) is 13.7 Å². The molecule has 0 unspecified atom stereocenters. The van der Waals surface area contributed by atoms with Crippen LogP contribution in [0.4, 0.5) is 5.95 Å². The summed E-state index contributed by atoms with van der Waals surface area (Å²) in [6.07, 6.45) is 1.89. The molecule has 142 valence electrons. The van der Waals surface area contributed by atoms with E-state index in [1.54, 1.807) is 28.8 Å². The number of aromatic nitrogens is 2. The second-order valence-corrected chi connectivity index (χ2v) is 6.38. The zero-order chi connectivity index (χ0) is 18.7. The van der Waals surface area contributed by atoms with Gasteiger partial charge in [-0.2, -0.15) is 0 Å². The molecule has 0 bridgehead atoms. The van der Waals surface area contributed by atoms with Crippen LogP contribution in [-0.4, -0.2) is 17.0 Å².